The van der Waals surface area contributed by atoms with E-state index in [4.69, 9.17) is 4.74 Å². The van der Waals surface area contributed by atoms with E-state index in [0.29, 0.717) is 19.3 Å². The molecular weight excluding hydrogens is 272 g/mol. The lowest BCUT2D eigenvalue weighted by molar-refractivity contribution is -0.111. The highest BCUT2D eigenvalue weighted by molar-refractivity contribution is 8.13. The van der Waals surface area contributed by atoms with Crippen LogP contribution in [0.2, 0.25) is 0 Å². The third-order valence-corrected chi connectivity index (χ3v) is 4.09. The molecule has 0 fully saturated rings. The van der Waals surface area contributed by atoms with E-state index in [1.807, 2.05) is 18.2 Å². The van der Waals surface area contributed by atoms with E-state index in [0.717, 1.165) is 41.8 Å². The molecule has 1 rings (SSSR count). The van der Waals surface area contributed by atoms with E-state index in [1.54, 1.807) is 7.11 Å². The van der Waals surface area contributed by atoms with Gasteiger partial charge in [0.15, 0.2) is 5.12 Å². The number of rotatable bonds is 9. The molecule has 110 valence electrons. The van der Waals surface area contributed by atoms with Gasteiger partial charge in [-0.15, -0.1) is 0 Å². The van der Waals surface area contributed by atoms with Gasteiger partial charge in [0, 0.05) is 18.6 Å². The summed E-state index contributed by atoms with van der Waals surface area (Å²) >= 11 is 1.41. The number of hydrogen-bond acceptors (Lipinski definition) is 4. The smallest absolute Gasteiger partial charge is 0.189 e. The highest BCUT2D eigenvalue weighted by atomic mass is 32.2. The predicted molar refractivity (Wildman–Crippen MR) is 83.5 cm³/mol. The van der Waals surface area contributed by atoms with Crippen molar-refractivity contribution in [1.29, 1.82) is 0 Å². The molecule has 0 unspecified atom stereocenters. The van der Waals surface area contributed by atoms with Crippen molar-refractivity contribution in [2.75, 3.05) is 12.9 Å². The predicted octanol–water partition coefficient (Wildman–Crippen LogP) is 3.43. The highest BCUT2D eigenvalue weighted by Gasteiger charge is 2.08. The summed E-state index contributed by atoms with van der Waals surface area (Å²) in [6, 6.07) is 5.67. The first-order chi connectivity index (χ1) is 9.71. The van der Waals surface area contributed by atoms with Gasteiger partial charge in [-0.2, -0.15) is 0 Å². The van der Waals surface area contributed by atoms with E-state index in [9.17, 15) is 9.59 Å². The molecule has 0 aliphatic carbocycles. The van der Waals surface area contributed by atoms with Gasteiger partial charge in [0.05, 0.1) is 7.11 Å². The number of ether oxygens (including phenoxy) is 1. The second-order valence-corrected chi connectivity index (χ2v) is 5.73. The SMILES string of the molecule is CCCCSC(=O)CCc1cc(OC)ccc1CC=O. The van der Waals surface area contributed by atoms with Gasteiger partial charge >= 0.3 is 0 Å². The van der Waals surface area contributed by atoms with Gasteiger partial charge in [-0.25, -0.2) is 0 Å². The van der Waals surface area contributed by atoms with Crippen LogP contribution in [0.1, 0.15) is 37.3 Å². The fraction of sp³-hybridized carbons (Fsp3) is 0.500. The lowest BCUT2D eigenvalue weighted by Gasteiger charge is -2.09. The van der Waals surface area contributed by atoms with Crippen LogP contribution in [0.3, 0.4) is 0 Å². The number of unbranched alkanes of at least 4 members (excludes halogenated alkanes) is 1. The van der Waals surface area contributed by atoms with Crippen LogP contribution in [-0.2, 0) is 22.4 Å². The van der Waals surface area contributed by atoms with Gasteiger partial charge in [-0.1, -0.05) is 31.2 Å². The topological polar surface area (TPSA) is 43.4 Å². The molecule has 0 spiro atoms. The molecular formula is C16H22O3S. The van der Waals surface area contributed by atoms with Gasteiger partial charge in [0.1, 0.15) is 12.0 Å². The number of carbonyl (C=O) groups is 2. The summed E-state index contributed by atoms with van der Waals surface area (Å²) in [6.45, 7) is 2.12. The largest absolute Gasteiger partial charge is 0.497 e. The molecule has 0 amide bonds. The Bertz CT molecular complexity index is 443. The second-order valence-electron chi connectivity index (χ2n) is 4.58. The van der Waals surface area contributed by atoms with Crippen LogP contribution in [0.4, 0.5) is 0 Å². The van der Waals surface area contributed by atoms with Crippen LogP contribution >= 0.6 is 11.8 Å². The molecule has 0 atom stereocenters. The summed E-state index contributed by atoms with van der Waals surface area (Å²) in [6.07, 6.45) is 4.64. The van der Waals surface area contributed by atoms with Crippen molar-refractivity contribution in [3.8, 4) is 5.75 Å². The molecule has 0 aromatic heterocycles. The lowest BCUT2D eigenvalue weighted by atomic mass is 10.0. The van der Waals surface area contributed by atoms with Crippen molar-refractivity contribution in [3.05, 3.63) is 29.3 Å². The Morgan fingerprint density at radius 1 is 1.35 bits per heavy atom. The van der Waals surface area contributed by atoms with Crippen molar-refractivity contribution >= 4 is 23.2 Å². The number of methoxy groups -OCH3 is 1. The first-order valence-electron chi connectivity index (χ1n) is 6.96. The number of aldehydes is 1. The van der Waals surface area contributed by atoms with Gasteiger partial charge in [0.2, 0.25) is 0 Å². The summed E-state index contributed by atoms with van der Waals surface area (Å²) in [5.41, 5.74) is 2.01. The van der Waals surface area contributed by atoms with Crippen LogP contribution < -0.4 is 4.74 Å². The fourth-order valence-corrected chi connectivity index (χ4v) is 2.80. The van der Waals surface area contributed by atoms with E-state index in [2.05, 4.69) is 6.92 Å². The van der Waals surface area contributed by atoms with Crippen LogP contribution in [0.5, 0.6) is 5.75 Å². The van der Waals surface area contributed by atoms with Crippen molar-refractivity contribution in [3.63, 3.8) is 0 Å². The minimum atomic E-state index is 0.221. The molecule has 0 N–H and O–H groups in total. The third kappa shape index (κ3) is 5.78. The third-order valence-electron chi connectivity index (χ3n) is 3.08. The number of benzene rings is 1. The van der Waals surface area contributed by atoms with E-state index in [1.165, 1.54) is 11.8 Å². The molecule has 0 radical (unpaired) electrons. The van der Waals surface area contributed by atoms with Crippen LogP contribution in [0, 0.1) is 0 Å². The molecule has 0 bridgehead atoms. The monoisotopic (exact) mass is 294 g/mol. The van der Waals surface area contributed by atoms with Crippen LogP contribution in [0.25, 0.3) is 0 Å². The van der Waals surface area contributed by atoms with E-state index < -0.39 is 0 Å². The number of aryl methyl sites for hydroxylation is 1. The number of hydrogen-bond donors (Lipinski definition) is 0. The summed E-state index contributed by atoms with van der Waals surface area (Å²) < 4.78 is 5.20. The number of thioether (sulfide) groups is 1. The Kier molecular flexibility index (Phi) is 8.04. The summed E-state index contributed by atoms with van der Waals surface area (Å²) in [5.74, 6) is 1.66. The molecule has 20 heavy (non-hydrogen) atoms. The van der Waals surface area contributed by atoms with E-state index >= 15 is 0 Å². The Morgan fingerprint density at radius 2 is 2.15 bits per heavy atom. The average Bonchev–Trinajstić information content (AvgIpc) is 2.46. The Hall–Kier alpha value is -1.29. The minimum Gasteiger partial charge on any atom is -0.497 e. The normalized spacial score (nSPS) is 10.3. The molecule has 0 saturated carbocycles. The minimum absolute atomic E-state index is 0.221. The van der Waals surface area contributed by atoms with Gasteiger partial charge in [-0.3, -0.25) is 4.79 Å². The summed E-state index contributed by atoms with van der Waals surface area (Å²) in [5, 5.41) is 0.221. The fourth-order valence-electron chi connectivity index (χ4n) is 1.89. The Balaban J connectivity index is 2.60. The average molecular weight is 294 g/mol. The molecule has 0 saturated heterocycles. The molecule has 1 aromatic rings. The maximum Gasteiger partial charge on any atom is 0.189 e. The van der Waals surface area contributed by atoms with Crippen LogP contribution in [-0.4, -0.2) is 24.3 Å². The van der Waals surface area contributed by atoms with Crippen LogP contribution in [0.15, 0.2) is 18.2 Å². The molecule has 3 nitrogen and oxygen atoms in total. The molecule has 1 aromatic carbocycles. The first kappa shape index (κ1) is 16.8. The maximum absolute atomic E-state index is 11.8. The molecule has 0 heterocycles. The highest BCUT2D eigenvalue weighted by Crippen LogP contribution is 2.20. The molecule has 0 aliphatic rings. The van der Waals surface area contributed by atoms with Crippen molar-refractivity contribution in [2.24, 2.45) is 0 Å². The molecule has 0 aliphatic heterocycles. The summed E-state index contributed by atoms with van der Waals surface area (Å²) in [4.78, 5) is 22.5. The van der Waals surface area contributed by atoms with Crippen molar-refractivity contribution in [1.82, 2.24) is 0 Å². The maximum atomic E-state index is 11.8. The zero-order valence-corrected chi connectivity index (χ0v) is 13.0. The Labute approximate surface area is 125 Å². The quantitative estimate of drug-likeness (QED) is 0.517. The number of carbonyl (C=O) groups excluding carboxylic acids is 2. The van der Waals surface area contributed by atoms with Gasteiger partial charge < -0.3 is 9.53 Å². The lowest BCUT2D eigenvalue weighted by Crippen LogP contribution is -2.01. The molecule has 4 heteroatoms. The van der Waals surface area contributed by atoms with Crippen molar-refractivity contribution < 1.29 is 14.3 Å². The second kappa shape index (κ2) is 9.59. The van der Waals surface area contributed by atoms with Gasteiger partial charge in [-0.05, 0) is 36.1 Å². The van der Waals surface area contributed by atoms with Gasteiger partial charge in [0.25, 0.3) is 0 Å². The summed E-state index contributed by atoms with van der Waals surface area (Å²) in [7, 11) is 1.62. The van der Waals surface area contributed by atoms with E-state index in [-0.39, 0.29) is 5.12 Å². The standard InChI is InChI=1S/C16H22O3S/c1-3-4-11-20-16(18)8-6-14-12-15(19-2)7-5-13(14)9-10-17/h5,7,10,12H,3-4,6,8-9,11H2,1-2H3. The zero-order chi connectivity index (χ0) is 14.8. The van der Waals surface area contributed by atoms with Crippen molar-refractivity contribution in [2.45, 2.75) is 39.0 Å². The Morgan fingerprint density at radius 3 is 2.80 bits per heavy atom. The first-order valence-corrected chi connectivity index (χ1v) is 7.94. The zero-order valence-electron chi connectivity index (χ0n) is 12.2.